The molecule has 0 bridgehead atoms. The minimum Gasteiger partial charge on any atom is -0.508 e. The summed E-state index contributed by atoms with van der Waals surface area (Å²) in [6, 6.07) is 3.39. The van der Waals surface area contributed by atoms with E-state index in [1.807, 2.05) is 0 Å². The van der Waals surface area contributed by atoms with Crippen LogP contribution in [-0.2, 0) is 4.79 Å². The van der Waals surface area contributed by atoms with Crippen molar-refractivity contribution in [3.8, 4) is 5.75 Å². The maximum Gasteiger partial charge on any atom is 0.282 e. The highest BCUT2D eigenvalue weighted by Gasteiger charge is 2.27. The van der Waals surface area contributed by atoms with E-state index < -0.39 is 16.5 Å². The number of amides is 2. The van der Waals surface area contributed by atoms with E-state index >= 15 is 0 Å². The van der Waals surface area contributed by atoms with Gasteiger partial charge in [0.2, 0.25) is 5.91 Å². The van der Waals surface area contributed by atoms with Gasteiger partial charge < -0.3 is 15.3 Å². The van der Waals surface area contributed by atoms with Crippen LogP contribution in [-0.4, -0.2) is 46.4 Å². The lowest BCUT2D eigenvalue weighted by Gasteiger charge is -2.16. The van der Waals surface area contributed by atoms with E-state index in [0.29, 0.717) is 0 Å². The van der Waals surface area contributed by atoms with Crippen LogP contribution in [0.15, 0.2) is 18.2 Å². The number of nitrogens with one attached hydrogen (secondary N) is 1. The maximum atomic E-state index is 12.2. The number of nitrogens with zero attached hydrogens (tertiary/aromatic N) is 2. The number of aromatic hydroxyl groups is 1. The minimum absolute atomic E-state index is 0.177. The van der Waals surface area contributed by atoms with Crippen molar-refractivity contribution < 1.29 is 19.6 Å². The highest BCUT2D eigenvalue weighted by atomic mass is 16.6. The largest absolute Gasteiger partial charge is 0.508 e. The van der Waals surface area contributed by atoms with E-state index in [0.717, 1.165) is 35.9 Å². The van der Waals surface area contributed by atoms with Crippen LogP contribution in [0.4, 0.5) is 5.69 Å². The number of carbonyl (C=O) groups excluding carboxylic acids is 2. The van der Waals surface area contributed by atoms with Crippen molar-refractivity contribution in [1.29, 1.82) is 0 Å². The second kappa shape index (κ2) is 5.78. The van der Waals surface area contributed by atoms with Gasteiger partial charge in [-0.1, -0.05) is 0 Å². The Bertz CT molecular complexity index is 597. The molecule has 0 spiro atoms. The van der Waals surface area contributed by atoms with E-state index in [1.54, 1.807) is 0 Å². The molecule has 1 aliphatic rings. The van der Waals surface area contributed by atoms with Crippen molar-refractivity contribution in [2.75, 3.05) is 13.6 Å². The zero-order valence-electron chi connectivity index (χ0n) is 11.4. The van der Waals surface area contributed by atoms with Crippen LogP contribution in [0.25, 0.3) is 0 Å². The molecular formula is C13H15N3O5. The Morgan fingerprint density at radius 3 is 2.71 bits per heavy atom. The summed E-state index contributed by atoms with van der Waals surface area (Å²) in [5, 5.41) is 23.0. The van der Waals surface area contributed by atoms with Gasteiger partial charge in [0.15, 0.2) is 0 Å². The van der Waals surface area contributed by atoms with Crippen molar-refractivity contribution in [2.24, 2.45) is 0 Å². The normalized spacial score (nSPS) is 13.6. The molecule has 1 saturated carbocycles. The maximum absolute atomic E-state index is 12.2. The van der Waals surface area contributed by atoms with Crippen molar-refractivity contribution in [2.45, 2.75) is 18.9 Å². The number of hydrogen-bond donors (Lipinski definition) is 2. The average Bonchev–Trinajstić information content (AvgIpc) is 3.20. The third-order valence-corrected chi connectivity index (χ3v) is 3.08. The molecule has 0 radical (unpaired) electrons. The molecule has 0 unspecified atom stereocenters. The predicted octanol–water partition coefficient (Wildman–Crippen LogP) is 0.651. The molecule has 1 aromatic rings. The van der Waals surface area contributed by atoms with Gasteiger partial charge in [0.25, 0.3) is 11.6 Å². The van der Waals surface area contributed by atoms with Crippen molar-refractivity contribution >= 4 is 17.5 Å². The molecule has 0 atom stereocenters. The summed E-state index contributed by atoms with van der Waals surface area (Å²) in [4.78, 5) is 35.1. The fourth-order valence-corrected chi connectivity index (χ4v) is 1.85. The minimum atomic E-state index is -0.704. The van der Waals surface area contributed by atoms with E-state index in [9.17, 15) is 24.8 Å². The summed E-state index contributed by atoms with van der Waals surface area (Å²) in [5.41, 5.74) is -0.658. The molecule has 1 aliphatic carbocycles. The SMILES string of the molecule is CN(CC(=O)NC1CC1)C(=O)c1cc(O)ccc1[N+](=O)[O-]. The van der Waals surface area contributed by atoms with Gasteiger partial charge in [-0.25, -0.2) is 0 Å². The Kier molecular flexibility index (Phi) is 4.06. The van der Waals surface area contributed by atoms with Crippen LogP contribution in [0.3, 0.4) is 0 Å². The van der Waals surface area contributed by atoms with E-state index in [1.165, 1.54) is 7.05 Å². The number of likely N-dealkylation sites (N-methyl/N-ethyl adjacent to an activating group) is 1. The van der Waals surface area contributed by atoms with Crippen molar-refractivity contribution in [3.63, 3.8) is 0 Å². The first-order valence-electron chi connectivity index (χ1n) is 6.40. The van der Waals surface area contributed by atoms with Gasteiger partial charge in [0, 0.05) is 19.2 Å². The molecule has 21 heavy (non-hydrogen) atoms. The molecule has 2 N–H and O–H groups in total. The molecule has 8 heteroatoms. The number of hydrogen-bond acceptors (Lipinski definition) is 5. The Balaban J connectivity index is 2.12. The fourth-order valence-electron chi connectivity index (χ4n) is 1.85. The van der Waals surface area contributed by atoms with Crippen LogP contribution in [0.1, 0.15) is 23.2 Å². The number of phenolic OH excluding ortho intramolecular Hbond substituents is 1. The summed E-state index contributed by atoms with van der Waals surface area (Å²) < 4.78 is 0. The summed E-state index contributed by atoms with van der Waals surface area (Å²) in [7, 11) is 1.38. The third kappa shape index (κ3) is 3.68. The molecule has 1 aromatic carbocycles. The summed E-state index contributed by atoms with van der Waals surface area (Å²) in [6.45, 7) is -0.192. The summed E-state index contributed by atoms with van der Waals surface area (Å²) in [6.07, 6.45) is 1.86. The number of nitro groups is 1. The molecule has 0 aromatic heterocycles. The van der Waals surface area contributed by atoms with Gasteiger partial charge >= 0.3 is 0 Å². The lowest BCUT2D eigenvalue weighted by atomic mass is 10.1. The zero-order valence-corrected chi connectivity index (χ0v) is 11.4. The van der Waals surface area contributed by atoms with Gasteiger partial charge in [-0.3, -0.25) is 19.7 Å². The highest BCUT2D eigenvalue weighted by Crippen LogP contribution is 2.24. The Labute approximate surface area is 120 Å². The lowest BCUT2D eigenvalue weighted by molar-refractivity contribution is -0.385. The molecule has 1 fully saturated rings. The van der Waals surface area contributed by atoms with Gasteiger partial charge in [0.05, 0.1) is 11.5 Å². The van der Waals surface area contributed by atoms with Crippen molar-refractivity contribution in [1.82, 2.24) is 10.2 Å². The van der Waals surface area contributed by atoms with Crippen LogP contribution in [0.2, 0.25) is 0 Å². The number of carbonyl (C=O) groups is 2. The van der Waals surface area contributed by atoms with Gasteiger partial charge in [0.1, 0.15) is 11.3 Å². The number of rotatable bonds is 5. The van der Waals surface area contributed by atoms with E-state index in [-0.39, 0.29) is 29.8 Å². The second-order valence-electron chi connectivity index (χ2n) is 4.96. The van der Waals surface area contributed by atoms with Gasteiger partial charge in [-0.2, -0.15) is 0 Å². The standard InChI is InChI=1S/C13H15N3O5/c1-15(7-12(18)14-8-2-3-8)13(19)10-6-9(17)4-5-11(10)16(20)21/h4-6,8,17H,2-3,7H2,1H3,(H,14,18). The third-order valence-electron chi connectivity index (χ3n) is 3.08. The molecule has 2 rings (SSSR count). The lowest BCUT2D eigenvalue weighted by Crippen LogP contribution is -2.39. The molecule has 0 aliphatic heterocycles. The fraction of sp³-hybridized carbons (Fsp3) is 0.385. The first-order chi connectivity index (χ1) is 9.88. The number of nitro benzene ring substituents is 1. The molecule has 0 heterocycles. The molecular weight excluding hydrogens is 278 g/mol. The monoisotopic (exact) mass is 293 g/mol. The van der Waals surface area contributed by atoms with E-state index in [4.69, 9.17) is 0 Å². The Morgan fingerprint density at radius 2 is 2.14 bits per heavy atom. The topological polar surface area (TPSA) is 113 Å². The van der Waals surface area contributed by atoms with Crippen LogP contribution in [0.5, 0.6) is 5.75 Å². The van der Waals surface area contributed by atoms with Crippen LogP contribution >= 0.6 is 0 Å². The number of phenols is 1. The first-order valence-corrected chi connectivity index (χ1v) is 6.40. The quantitative estimate of drug-likeness (QED) is 0.611. The molecule has 2 amide bonds. The summed E-state index contributed by atoms with van der Waals surface area (Å²) in [5.74, 6) is -1.25. The Morgan fingerprint density at radius 1 is 1.48 bits per heavy atom. The van der Waals surface area contributed by atoms with Crippen molar-refractivity contribution in [3.05, 3.63) is 33.9 Å². The summed E-state index contributed by atoms with van der Waals surface area (Å²) >= 11 is 0. The smallest absolute Gasteiger partial charge is 0.282 e. The molecule has 0 saturated heterocycles. The van der Waals surface area contributed by atoms with E-state index in [2.05, 4.69) is 5.32 Å². The molecule has 112 valence electrons. The Hall–Kier alpha value is -2.64. The first kappa shape index (κ1) is 14.8. The second-order valence-corrected chi connectivity index (χ2v) is 4.96. The van der Waals surface area contributed by atoms with Crippen LogP contribution in [0, 0.1) is 10.1 Å². The number of benzene rings is 1. The van der Waals surface area contributed by atoms with Gasteiger partial charge in [-0.05, 0) is 25.0 Å². The predicted molar refractivity (Wildman–Crippen MR) is 72.9 cm³/mol. The highest BCUT2D eigenvalue weighted by molar-refractivity contribution is 6.00. The molecule has 8 nitrogen and oxygen atoms in total. The zero-order chi connectivity index (χ0) is 15.6. The average molecular weight is 293 g/mol. The van der Waals surface area contributed by atoms with Gasteiger partial charge in [-0.15, -0.1) is 0 Å². The van der Waals surface area contributed by atoms with Crippen LogP contribution < -0.4 is 5.32 Å².